The van der Waals surface area contributed by atoms with Crippen molar-refractivity contribution in [3.05, 3.63) is 12.2 Å². The van der Waals surface area contributed by atoms with E-state index in [0.717, 1.165) is 51.4 Å². The van der Waals surface area contributed by atoms with Crippen LogP contribution in [0.15, 0.2) is 12.2 Å². The molecule has 2 aliphatic heterocycles. The molecule has 0 amide bonds. The average molecular weight is 352 g/mol. The van der Waals surface area contributed by atoms with E-state index in [1.165, 1.54) is 12.8 Å². The molecule has 2 heterocycles. The molecule has 0 bridgehead atoms. The second-order valence-corrected chi connectivity index (χ2v) is 8.09. The lowest BCUT2D eigenvalue weighted by Gasteiger charge is -2.34. The highest BCUT2D eigenvalue weighted by molar-refractivity contribution is 5.03. The summed E-state index contributed by atoms with van der Waals surface area (Å²) in [6.07, 6.45) is 13.0. The summed E-state index contributed by atoms with van der Waals surface area (Å²) >= 11 is 0. The Hall–Kier alpha value is -0.460. The minimum absolute atomic E-state index is 0.218. The molecule has 0 aromatic rings. The maximum absolute atomic E-state index is 11.0. The molecule has 2 aliphatic carbocycles. The van der Waals surface area contributed by atoms with Crippen molar-refractivity contribution in [3.8, 4) is 0 Å². The Labute approximate surface area is 150 Å². The molecule has 2 saturated carbocycles. The van der Waals surface area contributed by atoms with E-state index in [1.807, 2.05) is 19.1 Å². The van der Waals surface area contributed by atoms with Gasteiger partial charge in [-0.25, -0.2) is 0 Å². The molecule has 4 atom stereocenters. The molecular weight excluding hydrogens is 320 g/mol. The molecule has 0 radical (unpaired) electrons. The van der Waals surface area contributed by atoms with Gasteiger partial charge >= 0.3 is 0 Å². The highest BCUT2D eigenvalue weighted by Gasteiger charge is 2.53. The van der Waals surface area contributed by atoms with Crippen LogP contribution in [0.3, 0.4) is 0 Å². The monoisotopic (exact) mass is 352 g/mol. The summed E-state index contributed by atoms with van der Waals surface area (Å²) in [5, 5.41) is 11.0. The molecule has 2 saturated heterocycles. The van der Waals surface area contributed by atoms with Gasteiger partial charge in [-0.2, -0.15) is 0 Å². The van der Waals surface area contributed by atoms with Gasteiger partial charge in [-0.1, -0.05) is 25.0 Å². The molecule has 2 spiro atoms. The summed E-state index contributed by atoms with van der Waals surface area (Å²) in [4.78, 5) is 0. The van der Waals surface area contributed by atoms with Crippen molar-refractivity contribution in [1.29, 1.82) is 0 Å². The van der Waals surface area contributed by atoms with Crippen LogP contribution in [0, 0.1) is 0 Å². The fraction of sp³-hybridized carbons (Fsp3) is 0.900. The van der Waals surface area contributed by atoms with Crippen LogP contribution >= 0.6 is 0 Å². The standard InChI is InChI=1S/C20H32O5/c1-2-9-15-18(25-20(23-15)12-7-4-8-13-20)17(21)16-14-22-19(24-16)10-5-3-6-11-19/h2,9,15-18,21H,3-8,10-14H2,1H3/b9-2+/t15-,16?,17-,18?/m0/s1. The first kappa shape index (κ1) is 17.9. The van der Waals surface area contributed by atoms with E-state index in [1.54, 1.807) is 0 Å². The highest BCUT2D eigenvalue weighted by Crippen LogP contribution is 2.44. The van der Waals surface area contributed by atoms with E-state index >= 15 is 0 Å². The van der Waals surface area contributed by atoms with Gasteiger partial charge in [-0.05, 0) is 32.6 Å². The van der Waals surface area contributed by atoms with Crippen LogP contribution in [0.25, 0.3) is 0 Å². The van der Waals surface area contributed by atoms with Gasteiger partial charge in [0.15, 0.2) is 11.6 Å². The second-order valence-electron chi connectivity index (χ2n) is 8.09. The van der Waals surface area contributed by atoms with Crippen LogP contribution in [-0.4, -0.2) is 47.7 Å². The summed E-state index contributed by atoms with van der Waals surface area (Å²) in [6.45, 7) is 2.42. The van der Waals surface area contributed by atoms with Crippen LogP contribution in [0.2, 0.25) is 0 Å². The number of hydrogen-bond donors (Lipinski definition) is 1. The third-order valence-electron chi connectivity index (χ3n) is 6.23. The van der Waals surface area contributed by atoms with Crippen molar-refractivity contribution < 1.29 is 24.1 Å². The fourth-order valence-corrected chi connectivity index (χ4v) is 4.90. The average Bonchev–Trinajstić information content (AvgIpc) is 3.19. The van der Waals surface area contributed by atoms with Crippen LogP contribution < -0.4 is 0 Å². The molecule has 0 aromatic carbocycles. The first-order valence-corrected chi connectivity index (χ1v) is 10.1. The van der Waals surface area contributed by atoms with Gasteiger partial charge in [0, 0.05) is 25.7 Å². The van der Waals surface area contributed by atoms with Crippen molar-refractivity contribution in [2.45, 2.75) is 107 Å². The zero-order valence-corrected chi connectivity index (χ0v) is 15.3. The van der Waals surface area contributed by atoms with Gasteiger partial charge < -0.3 is 24.1 Å². The van der Waals surface area contributed by atoms with Crippen LogP contribution in [0.1, 0.15) is 71.1 Å². The van der Waals surface area contributed by atoms with Gasteiger partial charge in [0.2, 0.25) is 0 Å². The lowest BCUT2D eigenvalue weighted by atomic mass is 9.94. The summed E-state index contributed by atoms with van der Waals surface area (Å²) in [5.41, 5.74) is 0. The van der Waals surface area contributed by atoms with E-state index in [4.69, 9.17) is 18.9 Å². The summed E-state index contributed by atoms with van der Waals surface area (Å²) in [7, 11) is 0. The molecule has 4 aliphatic rings. The van der Waals surface area contributed by atoms with E-state index in [0.29, 0.717) is 6.61 Å². The zero-order valence-electron chi connectivity index (χ0n) is 15.3. The maximum atomic E-state index is 11.0. The molecule has 5 nitrogen and oxygen atoms in total. The van der Waals surface area contributed by atoms with Crippen LogP contribution in [0.4, 0.5) is 0 Å². The summed E-state index contributed by atoms with van der Waals surface area (Å²) in [5.74, 6) is -0.988. The van der Waals surface area contributed by atoms with Gasteiger partial charge in [-0.15, -0.1) is 0 Å². The molecule has 142 valence electrons. The molecule has 1 N–H and O–H groups in total. The van der Waals surface area contributed by atoms with Gasteiger partial charge in [0.25, 0.3) is 0 Å². The predicted molar refractivity (Wildman–Crippen MR) is 93.0 cm³/mol. The van der Waals surface area contributed by atoms with E-state index in [2.05, 4.69) is 0 Å². The van der Waals surface area contributed by atoms with Gasteiger partial charge in [-0.3, -0.25) is 0 Å². The maximum Gasteiger partial charge on any atom is 0.169 e. The van der Waals surface area contributed by atoms with Crippen LogP contribution in [-0.2, 0) is 18.9 Å². The van der Waals surface area contributed by atoms with Crippen LogP contribution in [0.5, 0.6) is 0 Å². The van der Waals surface area contributed by atoms with E-state index in [9.17, 15) is 5.11 Å². The first-order chi connectivity index (χ1) is 12.2. The summed E-state index contributed by atoms with van der Waals surface area (Å²) in [6, 6.07) is 0. The van der Waals surface area contributed by atoms with Gasteiger partial charge in [0.05, 0.1) is 6.61 Å². The minimum Gasteiger partial charge on any atom is -0.387 e. The molecule has 4 rings (SSSR count). The van der Waals surface area contributed by atoms with Crippen molar-refractivity contribution in [3.63, 3.8) is 0 Å². The third-order valence-corrected chi connectivity index (χ3v) is 6.23. The SMILES string of the molecule is C/C=C/[C@@H]1OC2(CCCCC2)OC1[C@@H](O)C1COC2(CCCCC2)O1. The van der Waals surface area contributed by atoms with Crippen molar-refractivity contribution in [2.75, 3.05) is 6.61 Å². The Balaban J connectivity index is 1.45. The molecule has 4 fully saturated rings. The topological polar surface area (TPSA) is 57.2 Å². The van der Waals surface area contributed by atoms with E-state index < -0.39 is 17.7 Å². The Morgan fingerprint density at radius 3 is 2.16 bits per heavy atom. The minimum atomic E-state index is -0.733. The third kappa shape index (κ3) is 3.54. The van der Waals surface area contributed by atoms with E-state index in [-0.39, 0.29) is 18.3 Å². The number of rotatable bonds is 3. The number of allylic oxidation sites excluding steroid dienone is 1. The normalized spacial score (nSPS) is 38.7. The summed E-state index contributed by atoms with van der Waals surface area (Å²) < 4.78 is 24.9. The number of aliphatic hydroxyl groups is 1. The van der Waals surface area contributed by atoms with Crippen molar-refractivity contribution >= 4 is 0 Å². The quantitative estimate of drug-likeness (QED) is 0.789. The molecule has 0 aromatic heterocycles. The number of hydrogen-bond acceptors (Lipinski definition) is 5. The molecule has 5 heteroatoms. The van der Waals surface area contributed by atoms with Crippen molar-refractivity contribution in [2.24, 2.45) is 0 Å². The predicted octanol–water partition coefficient (Wildman–Crippen LogP) is 3.44. The molecule has 25 heavy (non-hydrogen) atoms. The lowest BCUT2D eigenvalue weighted by Crippen LogP contribution is -2.45. The van der Waals surface area contributed by atoms with Crippen molar-refractivity contribution in [1.82, 2.24) is 0 Å². The largest absolute Gasteiger partial charge is 0.387 e. The Bertz CT molecular complexity index is 478. The number of ether oxygens (including phenoxy) is 4. The highest BCUT2D eigenvalue weighted by atomic mass is 16.8. The fourth-order valence-electron chi connectivity index (χ4n) is 4.90. The Kier molecular flexibility index (Phi) is 5.22. The Morgan fingerprint density at radius 2 is 1.52 bits per heavy atom. The zero-order chi connectivity index (χ0) is 17.3. The Morgan fingerprint density at radius 1 is 0.880 bits per heavy atom. The van der Waals surface area contributed by atoms with Gasteiger partial charge in [0.1, 0.15) is 24.4 Å². The smallest absolute Gasteiger partial charge is 0.169 e. The first-order valence-electron chi connectivity index (χ1n) is 10.1. The molecular formula is C20H32O5. The second kappa shape index (κ2) is 7.28. The lowest BCUT2D eigenvalue weighted by molar-refractivity contribution is -0.216. The number of aliphatic hydroxyl groups excluding tert-OH is 1. The molecule has 2 unspecified atom stereocenters.